The number of benzene rings is 2. The zero-order valence-corrected chi connectivity index (χ0v) is 14.6. The summed E-state index contributed by atoms with van der Waals surface area (Å²) in [6.45, 7) is 0. The third-order valence-electron chi connectivity index (χ3n) is 3.34. The van der Waals surface area contributed by atoms with E-state index in [1.165, 1.54) is 18.3 Å². The highest BCUT2D eigenvalue weighted by Gasteiger charge is 2.14. The Balaban J connectivity index is 1.83. The average Bonchev–Trinajstić information content (AvgIpc) is 2.61. The number of rotatable bonds is 4. The van der Waals surface area contributed by atoms with E-state index in [9.17, 15) is 19.7 Å². The van der Waals surface area contributed by atoms with Crippen LogP contribution in [0.15, 0.2) is 56.8 Å². The Morgan fingerprint density at radius 2 is 2.12 bits per heavy atom. The summed E-state index contributed by atoms with van der Waals surface area (Å²) in [5.41, 5.74) is 2.30. The molecule has 0 atom stereocenters. The van der Waals surface area contributed by atoms with Crippen molar-refractivity contribution in [3.63, 3.8) is 0 Å². The molecular weight excluding hydrogens is 406 g/mol. The molecule has 3 rings (SSSR count). The SMILES string of the molecule is O=C(NN=Cc1cccc(Br)c1)c1nc2ccc([N+](=O)[O-])cc2c(=O)[nH]1. The van der Waals surface area contributed by atoms with Gasteiger partial charge < -0.3 is 4.98 Å². The lowest BCUT2D eigenvalue weighted by Crippen LogP contribution is -2.24. The van der Waals surface area contributed by atoms with Gasteiger partial charge in [-0.1, -0.05) is 28.1 Å². The molecule has 130 valence electrons. The number of fused-ring (bicyclic) bond motifs is 1. The number of carbonyl (C=O) groups is 1. The van der Waals surface area contributed by atoms with Crippen molar-refractivity contribution in [2.24, 2.45) is 5.10 Å². The Hall–Kier alpha value is -3.40. The number of nitrogens with zero attached hydrogens (tertiary/aromatic N) is 3. The van der Waals surface area contributed by atoms with Crippen LogP contribution in [0.1, 0.15) is 16.2 Å². The van der Waals surface area contributed by atoms with E-state index < -0.39 is 16.4 Å². The second-order valence-corrected chi connectivity index (χ2v) is 6.04. The maximum atomic E-state index is 12.1. The number of nitro groups is 1. The number of nitrogens with one attached hydrogen (secondary N) is 2. The zero-order valence-electron chi connectivity index (χ0n) is 13.0. The number of aromatic nitrogens is 2. The fourth-order valence-electron chi connectivity index (χ4n) is 2.15. The van der Waals surface area contributed by atoms with Gasteiger partial charge in [0.05, 0.1) is 22.0 Å². The second-order valence-electron chi connectivity index (χ2n) is 5.13. The van der Waals surface area contributed by atoms with Gasteiger partial charge in [-0.25, -0.2) is 10.4 Å². The van der Waals surface area contributed by atoms with Crippen molar-refractivity contribution >= 4 is 44.6 Å². The van der Waals surface area contributed by atoms with Gasteiger partial charge >= 0.3 is 5.91 Å². The molecule has 0 radical (unpaired) electrons. The van der Waals surface area contributed by atoms with Crippen LogP contribution in [0.3, 0.4) is 0 Å². The average molecular weight is 416 g/mol. The molecule has 2 aromatic carbocycles. The van der Waals surface area contributed by atoms with Gasteiger partial charge in [0.25, 0.3) is 11.2 Å². The van der Waals surface area contributed by atoms with Crippen LogP contribution in [-0.2, 0) is 0 Å². The third kappa shape index (κ3) is 3.81. The molecule has 1 heterocycles. The molecule has 0 aliphatic carbocycles. The van der Waals surface area contributed by atoms with Crippen molar-refractivity contribution in [1.82, 2.24) is 15.4 Å². The number of nitro benzene ring substituents is 1. The molecule has 9 nitrogen and oxygen atoms in total. The fourth-order valence-corrected chi connectivity index (χ4v) is 2.57. The van der Waals surface area contributed by atoms with Crippen LogP contribution >= 0.6 is 15.9 Å². The van der Waals surface area contributed by atoms with Gasteiger partial charge in [-0.2, -0.15) is 5.10 Å². The van der Waals surface area contributed by atoms with Gasteiger partial charge in [0.2, 0.25) is 5.82 Å². The van der Waals surface area contributed by atoms with Crippen LogP contribution in [0.2, 0.25) is 0 Å². The van der Waals surface area contributed by atoms with E-state index in [1.54, 1.807) is 12.1 Å². The highest BCUT2D eigenvalue weighted by Crippen LogP contribution is 2.16. The molecule has 1 amide bonds. The van der Waals surface area contributed by atoms with Crippen LogP contribution < -0.4 is 11.0 Å². The molecule has 0 bridgehead atoms. The predicted molar refractivity (Wildman–Crippen MR) is 98.2 cm³/mol. The largest absolute Gasteiger partial charge is 0.307 e. The quantitative estimate of drug-likeness (QED) is 0.383. The van der Waals surface area contributed by atoms with Gasteiger partial charge in [-0.05, 0) is 23.8 Å². The summed E-state index contributed by atoms with van der Waals surface area (Å²) in [5, 5.41) is 14.6. The number of halogens is 1. The van der Waals surface area contributed by atoms with Crippen LogP contribution in [0, 0.1) is 10.1 Å². The first-order valence-electron chi connectivity index (χ1n) is 7.21. The standard InChI is InChI=1S/C16H10BrN5O4/c17-10-3-1-2-9(6-10)8-18-21-16(24)14-19-13-5-4-11(22(25)26)7-12(13)15(23)20-14/h1-8H,(H,21,24)(H,19,20,23). The minimum Gasteiger partial charge on any atom is -0.302 e. The predicted octanol–water partition coefficient (Wildman–Crippen LogP) is 2.36. The van der Waals surface area contributed by atoms with Crippen molar-refractivity contribution in [3.8, 4) is 0 Å². The Morgan fingerprint density at radius 3 is 2.85 bits per heavy atom. The minimum absolute atomic E-state index is 0.0217. The monoisotopic (exact) mass is 415 g/mol. The number of amides is 1. The Labute approximate surface area is 154 Å². The van der Waals surface area contributed by atoms with Gasteiger partial charge in [0.15, 0.2) is 0 Å². The van der Waals surface area contributed by atoms with E-state index in [-0.39, 0.29) is 22.4 Å². The molecule has 3 aromatic rings. The topological polar surface area (TPSA) is 130 Å². The summed E-state index contributed by atoms with van der Waals surface area (Å²) in [4.78, 5) is 40.6. The molecule has 0 saturated heterocycles. The second kappa shape index (κ2) is 7.23. The summed E-state index contributed by atoms with van der Waals surface area (Å²) in [7, 11) is 0. The maximum Gasteiger partial charge on any atom is 0.307 e. The van der Waals surface area contributed by atoms with Crippen molar-refractivity contribution in [3.05, 3.63) is 78.8 Å². The number of hydrogen-bond acceptors (Lipinski definition) is 6. The van der Waals surface area contributed by atoms with Crippen molar-refractivity contribution < 1.29 is 9.72 Å². The molecule has 0 aliphatic rings. The molecule has 26 heavy (non-hydrogen) atoms. The lowest BCUT2D eigenvalue weighted by molar-refractivity contribution is -0.384. The molecule has 0 saturated carbocycles. The summed E-state index contributed by atoms with van der Waals surface area (Å²) < 4.78 is 0.863. The summed E-state index contributed by atoms with van der Waals surface area (Å²) in [5.74, 6) is -0.962. The van der Waals surface area contributed by atoms with Crippen LogP contribution in [0.5, 0.6) is 0 Å². The molecular formula is C16H10BrN5O4. The number of non-ortho nitro benzene ring substituents is 1. The number of H-pyrrole nitrogens is 1. The number of carbonyl (C=O) groups excluding carboxylic acids is 1. The van der Waals surface area contributed by atoms with Crippen LogP contribution in [0.25, 0.3) is 10.9 Å². The smallest absolute Gasteiger partial charge is 0.302 e. The van der Waals surface area contributed by atoms with E-state index >= 15 is 0 Å². The van der Waals surface area contributed by atoms with E-state index in [1.807, 2.05) is 12.1 Å². The first-order valence-corrected chi connectivity index (χ1v) is 8.01. The Morgan fingerprint density at radius 1 is 1.31 bits per heavy atom. The highest BCUT2D eigenvalue weighted by atomic mass is 79.9. The van der Waals surface area contributed by atoms with E-state index in [4.69, 9.17) is 0 Å². The molecule has 0 fully saturated rings. The maximum absolute atomic E-state index is 12.1. The third-order valence-corrected chi connectivity index (χ3v) is 3.84. The van der Waals surface area contributed by atoms with Gasteiger partial charge in [-0.15, -0.1) is 0 Å². The summed E-state index contributed by atoms with van der Waals surface area (Å²) >= 11 is 3.32. The molecule has 0 unspecified atom stereocenters. The molecule has 2 N–H and O–H groups in total. The van der Waals surface area contributed by atoms with Crippen LogP contribution in [-0.4, -0.2) is 27.0 Å². The summed E-state index contributed by atoms with van der Waals surface area (Å²) in [6, 6.07) is 10.9. The molecule has 0 aliphatic heterocycles. The number of hydrogen-bond donors (Lipinski definition) is 2. The van der Waals surface area contributed by atoms with Gasteiger partial charge in [-0.3, -0.25) is 19.7 Å². The normalized spacial score (nSPS) is 11.0. The van der Waals surface area contributed by atoms with Gasteiger partial charge in [0.1, 0.15) is 0 Å². The lowest BCUT2D eigenvalue weighted by Gasteiger charge is -2.02. The molecule has 0 spiro atoms. The van der Waals surface area contributed by atoms with Crippen molar-refractivity contribution in [2.75, 3.05) is 0 Å². The van der Waals surface area contributed by atoms with Crippen molar-refractivity contribution in [1.29, 1.82) is 0 Å². The van der Waals surface area contributed by atoms with Crippen LogP contribution in [0.4, 0.5) is 5.69 Å². The first-order chi connectivity index (χ1) is 12.4. The number of hydrazone groups is 1. The highest BCUT2D eigenvalue weighted by molar-refractivity contribution is 9.10. The number of aromatic amines is 1. The van der Waals surface area contributed by atoms with E-state index in [0.717, 1.165) is 16.1 Å². The fraction of sp³-hybridized carbons (Fsp3) is 0. The Bertz CT molecular complexity index is 1110. The minimum atomic E-state index is -0.714. The Kier molecular flexibility index (Phi) is 4.85. The molecule has 10 heteroatoms. The molecule has 1 aromatic heterocycles. The van der Waals surface area contributed by atoms with Gasteiger partial charge in [0, 0.05) is 16.6 Å². The first kappa shape index (κ1) is 17.4. The van der Waals surface area contributed by atoms with E-state index in [2.05, 4.69) is 36.4 Å². The lowest BCUT2D eigenvalue weighted by atomic mass is 10.2. The van der Waals surface area contributed by atoms with E-state index in [0.29, 0.717) is 0 Å². The van der Waals surface area contributed by atoms with Crippen molar-refractivity contribution in [2.45, 2.75) is 0 Å². The zero-order chi connectivity index (χ0) is 18.7. The summed E-state index contributed by atoms with van der Waals surface area (Å²) in [6.07, 6.45) is 1.44.